The molecule has 3 aromatic rings. The number of rotatable bonds is 6. The number of hydrogen-bond acceptors (Lipinski definition) is 6. The van der Waals surface area contributed by atoms with Gasteiger partial charge in [0.15, 0.2) is 11.4 Å². The van der Waals surface area contributed by atoms with E-state index in [-0.39, 0.29) is 6.10 Å². The fourth-order valence-electron chi connectivity index (χ4n) is 3.63. The second-order valence-electron chi connectivity index (χ2n) is 7.83. The molecule has 8 heteroatoms. The Hall–Kier alpha value is -2.64. The summed E-state index contributed by atoms with van der Waals surface area (Å²) in [5, 5.41) is 9.40. The van der Waals surface area contributed by atoms with Crippen LogP contribution in [0, 0.1) is 13.8 Å². The molecule has 0 spiro atoms. The highest BCUT2D eigenvalue weighted by Gasteiger charge is 2.19. The second kappa shape index (κ2) is 7.41. The van der Waals surface area contributed by atoms with Crippen LogP contribution >= 0.6 is 0 Å². The average Bonchev–Trinajstić information content (AvgIpc) is 3.35. The Morgan fingerprint density at radius 2 is 1.82 bits per heavy atom. The van der Waals surface area contributed by atoms with Gasteiger partial charge in [0, 0.05) is 32.6 Å². The largest absolute Gasteiger partial charge is 0.487 e. The third kappa shape index (κ3) is 3.55. The summed E-state index contributed by atoms with van der Waals surface area (Å²) < 4.78 is 9.81. The van der Waals surface area contributed by atoms with E-state index in [9.17, 15) is 0 Å². The summed E-state index contributed by atoms with van der Waals surface area (Å²) in [5.41, 5.74) is 3.76. The summed E-state index contributed by atoms with van der Waals surface area (Å²) in [6.45, 7) is 10.2. The van der Waals surface area contributed by atoms with Crippen LogP contribution in [-0.4, -0.2) is 48.6 Å². The molecule has 4 heterocycles. The Labute approximate surface area is 165 Å². The van der Waals surface area contributed by atoms with E-state index in [2.05, 4.69) is 15.0 Å². The first kappa shape index (κ1) is 18.7. The van der Waals surface area contributed by atoms with E-state index in [0.29, 0.717) is 0 Å². The number of ether oxygens (including phenoxy) is 1. The smallest absolute Gasteiger partial charge is 0.244 e. The molecule has 0 unspecified atom stereocenters. The van der Waals surface area contributed by atoms with Gasteiger partial charge in [-0.15, -0.1) is 5.10 Å². The van der Waals surface area contributed by atoms with Gasteiger partial charge in [-0.2, -0.15) is 10.1 Å². The minimum Gasteiger partial charge on any atom is -0.487 e. The molecule has 0 saturated carbocycles. The molecule has 3 aromatic heterocycles. The van der Waals surface area contributed by atoms with E-state index >= 15 is 0 Å². The monoisotopic (exact) mass is 383 g/mol. The van der Waals surface area contributed by atoms with Crippen LogP contribution in [0.15, 0.2) is 6.07 Å². The lowest BCUT2D eigenvalue weighted by atomic mass is 10.2. The highest BCUT2D eigenvalue weighted by molar-refractivity contribution is 5.55. The highest BCUT2D eigenvalue weighted by atomic mass is 16.5. The Bertz CT molecular complexity index is 982. The molecule has 0 amide bonds. The molecule has 1 aliphatic heterocycles. The van der Waals surface area contributed by atoms with Crippen LogP contribution in [0.1, 0.15) is 49.6 Å². The van der Waals surface area contributed by atoms with Crippen molar-refractivity contribution >= 4 is 11.6 Å². The number of hydrogen-bond donors (Lipinski definition) is 0. The maximum Gasteiger partial charge on any atom is 0.244 e. The van der Waals surface area contributed by atoms with Crippen LogP contribution in [0.2, 0.25) is 0 Å². The Morgan fingerprint density at radius 1 is 1.07 bits per heavy atom. The third-order valence-corrected chi connectivity index (χ3v) is 5.26. The fraction of sp³-hybridized carbons (Fsp3) is 0.600. The molecule has 150 valence electrons. The molecule has 28 heavy (non-hydrogen) atoms. The molecule has 1 aliphatic rings. The van der Waals surface area contributed by atoms with E-state index in [1.165, 1.54) is 12.8 Å². The molecule has 0 atom stereocenters. The first-order chi connectivity index (χ1) is 13.4. The summed E-state index contributed by atoms with van der Waals surface area (Å²) >= 11 is 0. The van der Waals surface area contributed by atoms with E-state index in [1.54, 1.807) is 0 Å². The average molecular weight is 384 g/mol. The first-order valence-corrected chi connectivity index (χ1v) is 10.1. The topological polar surface area (TPSA) is 73.4 Å². The Kier molecular flexibility index (Phi) is 4.95. The van der Waals surface area contributed by atoms with Gasteiger partial charge >= 0.3 is 0 Å². The lowest BCUT2D eigenvalue weighted by Crippen LogP contribution is -2.19. The first-order valence-electron chi connectivity index (χ1n) is 10.1. The molecule has 1 saturated heterocycles. The van der Waals surface area contributed by atoms with Gasteiger partial charge in [-0.1, -0.05) is 0 Å². The minimum atomic E-state index is 0.0816. The van der Waals surface area contributed by atoms with Gasteiger partial charge in [-0.05, 0) is 47.0 Å². The maximum atomic E-state index is 6.02. The number of fused-ring (bicyclic) bond motifs is 1. The predicted molar refractivity (Wildman–Crippen MR) is 108 cm³/mol. The van der Waals surface area contributed by atoms with Crippen molar-refractivity contribution in [3.8, 4) is 5.75 Å². The lowest BCUT2D eigenvalue weighted by molar-refractivity contribution is 0.243. The normalized spacial score (nSPS) is 14.6. The summed E-state index contributed by atoms with van der Waals surface area (Å²) in [7, 11) is 1.97. The SMILES string of the molecule is Cc1nc2c(OC(C)C)cc(CCc3nc(N4CCCC4)nn3C)nn2c1C. The van der Waals surface area contributed by atoms with Crippen LogP contribution in [0.25, 0.3) is 5.65 Å². The molecule has 0 radical (unpaired) electrons. The number of aryl methyl sites for hydroxylation is 5. The van der Waals surface area contributed by atoms with Crippen LogP contribution < -0.4 is 9.64 Å². The van der Waals surface area contributed by atoms with E-state index in [0.717, 1.165) is 66.2 Å². The van der Waals surface area contributed by atoms with Crippen molar-refractivity contribution < 1.29 is 4.74 Å². The van der Waals surface area contributed by atoms with Crippen LogP contribution in [0.4, 0.5) is 5.95 Å². The minimum absolute atomic E-state index is 0.0816. The zero-order chi connectivity index (χ0) is 19.8. The fourth-order valence-corrected chi connectivity index (χ4v) is 3.63. The maximum absolute atomic E-state index is 6.02. The molecule has 0 N–H and O–H groups in total. The Balaban J connectivity index is 1.58. The van der Waals surface area contributed by atoms with E-state index in [1.807, 2.05) is 50.0 Å². The molecular weight excluding hydrogens is 354 g/mol. The quantitative estimate of drug-likeness (QED) is 0.652. The van der Waals surface area contributed by atoms with Crippen LogP contribution in [0.3, 0.4) is 0 Å². The van der Waals surface area contributed by atoms with Crippen molar-refractivity contribution in [3.63, 3.8) is 0 Å². The van der Waals surface area contributed by atoms with Gasteiger partial charge in [0.25, 0.3) is 0 Å². The summed E-state index contributed by atoms with van der Waals surface area (Å²) in [4.78, 5) is 11.7. The number of anilines is 1. The molecule has 0 bridgehead atoms. The molecule has 0 aliphatic carbocycles. The Morgan fingerprint density at radius 3 is 2.54 bits per heavy atom. The van der Waals surface area contributed by atoms with Gasteiger partial charge in [0.2, 0.25) is 5.95 Å². The van der Waals surface area contributed by atoms with Crippen molar-refractivity contribution in [1.29, 1.82) is 0 Å². The van der Waals surface area contributed by atoms with E-state index < -0.39 is 0 Å². The van der Waals surface area contributed by atoms with Gasteiger partial charge in [0.1, 0.15) is 5.82 Å². The lowest BCUT2D eigenvalue weighted by Gasteiger charge is -2.12. The summed E-state index contributed by atoms with van der Waals surface area (Å²) in [5.74, 6) is 2.61. The molecule has 1 fully saturated rings. The van der Waals surface area contributed by atoms with Gasteiger partial charge in [-0.25, -0.2) is 9.50 Å². The summed E-state index contributed by atoms with van der Waals surface area (Å²) in [6, 6.07) is 2.01. The van der Waals surface area contributed by atoms with Crippen LogP contribution in [-0.2, 0) is 19.9 Å². The van der Waals surface area contributed by atoms with E-state index in [4.69, 9.17) is 14.8 Å². The van der Waals surface area contributed by atoms with Gasteiger partial charge in [-0.3, -0.25) is 4.68 Å². The van der Waals surface area contributed by atoms with Crippen molar-refractivity contribution in [2.24, 2.45) is 7.05 Å². The van der Waals surface area contributed by atoms with Gasteiger partial charge < -0.3 is 9.64 Å². The zero-order valence-corrected chi connectivity index (χ0v) is 17.4. The molecule has 0 aromatic carbocycles. The molecular formula is C20H29N7O. The van der Waals surface area contributed by atoms with Crippen molar-refractivity contribution in [1.82, 2.24) is 29.4 Å². The number of nitrogens with zero attached hydrogens (tertiary/aromatic N) is 7. The number of aromatic nitrogens is 6. The highest BCUT2D eigenvalue weighted by Crippen LogP contribution is 2.24. The van der Waals surface area contributed by atoms with Crippen molar-refractivity contribution in [3.05, 3.63) is 29.0 Å². The van der Waals surface area contributed by atoms with Crippen molar-refractivity contribution in [2.45, 2.75) is 59.5 Å². The van der Waals surface area contributed by atoms with Crippen molar-refractivity contribution in [2.75, 3.05) is 18.0 Å². The van der Waals surface area contributed by atoms with Crippen LogP contribution in [0.5, 0.6) is 5.75 Å². The second-order valence-corrected chi connectivity index (χ2v) is 7.83. The van der Waals surface area contributed by atoms with Gasteiger partial charge in [0.05, 0.1) is 23.2 Å². The molecule has 4 rings (SSSR count). The molecule has 8 nitrogen and oxygen atoms in total. The predicted octanol–water partition coefficient (Wildman–Crippen LogP) is 2.65. The zero-order valence-electron chi connectivity index (χ0n) is 17.4. The summed E-state index contributed by atoms with van der Waals surface area (Å²) in [6.07, 6.45) is 4.08. The third-order valence-electron chi connectivity index (χ3n) is 5.26. The standard InChI is InChI=1S/C20H29N7O/c1-13(2)28-17-12-16(23-27-15(4)14(3)21-19(17)27)8-9-18-22-20(24-25(18)5)26-10-6-7-11-26/h12-13H,6-11H2,1-5H3. The number of imidazole rings is 1.